The SMILES string of the molecule is CCOc1ccc(C(C(=O)NC(C)(C)C)N(C(=O)Cn2nnc3ccccc32)c2ccc(C)c(F)c2)cc1. The van der Waals surface area contributed by atoms with Crippen LogP contribution in [0.2, 0.25) is 0 Å². The van der Waals surface area contributed by atoms with Crippen molar-refractivity contribution < 1.29 is 18.7 Å². The monoisotopic (exact) mass is 517 g/mol. The first kappa shape index (κ1) is 26.8. The number of carbonyl (C=O) groups excluding carboxylic acids is 2. The smallest absolute Gasteiger partial charge is 0.249 e. The van der Waals surface area contributed by atoms with Gasteiger partial charge < -0.3 is 10.1 Å². The molecule has 1 N–H and O–H groups in total. The zero-order chi connectivity index (χ0) is 27.4. The fraction of sp³-hybridized carbons (Fsp3) is 0.310. The van der Waals surface area contributed by atoms with Crippen LogP contribution in [0.15, 0.2) is 66.7 Å². The average molecular weight is 518 g/mol. The van der Waals surface area contributed by atoms with Gasteiger partial charge in [0.05, 0.1) is 12.1 Å². The van der Waals surface area contributed by atoms with Gasteiger partial charge in [-0.2, -0.15) is 0 Å². The van der Waals surface area contributed by atoms with Gasteiger partial charge in [-0.1, -0.05) is 35.5 Å². The maximum absolute atomic E-state index is 14.8. The fourth-order valence-corrected chi connectivity index (χ4v) is 4.18. The molecule has 4 rings (SSSR count). The molecular formula is C29H32FN5O3. The predicted octanol–water partition coefficient (Wildman–Crippen LogP) is 4.97. The summed E-state index contributed by atoms with van der Waals surface area (Å²) in [6.45, 7) is 9.40. The zero-order valence-corrected chi connectivity index (χ0v) is 22.2. The van der Waals surface area contributed by atoms with Crippen molar-refractivity contribution in [3.63, 3.8) is 0 Å². The molecule has 1 aromatic heterocycles. The third-order valence-corrected chi connectivity index (χ3v) is 5.92. The summed E-state index contributed by atoms with van der Waals surface area (Å²) in [7, 11) is 0. The lowest BCUT2D eigenvalue weighted by atomic mass is 10.00. The minimum atomic E-state index is -1.09. The molecule has 0 aliphatic heterocycles. The van der Waals surface area contributed by atoms with Crippen LogP contribution in [0.3, 0.4) is 0 Å². The van der Waals surface area contributed by atoms with E-state index in [1.807, 2.05) is 45.9 Å². The molecule has 38 heavy (non-hydrogen) atoms. The van der Waals surface area contributed by atoms with Crippen molar-refractivity contribution in [3.8, 4) is 5.75 Å². The highest BCUT2D eigenvalue weighted by Crippen LogP contribution is 2.31. The molecular weight excluding hydrogens is 485 g/mol. The Labute approximate surface area is 221 Å². The summed E-state index contributed by atoms with van der Waals surface area (Å²) in [5, 5.41) is 11.3. The molecule has 0 aliphatic rings. The predicted molar refractivity (Wildman–Crippen MR) is 144 cm³/mol. The molecule has 0 radical (unpaired) electrons. The largest absolute Gasteiger partial charge is 0.494 e. The molecule has 198 valence electrons. The van der Waals surface area contributed by atoms with E-state index in [0.29, 0.717) is 34.5 Å². The van der Waals surface area contributed by atoms with E-state index < -0.39 is 29.2 Å². The van der Waals surface area contributed by atoms with Gasteiger partial charge in [-0.15, -0.1) is 5.10 Å². The van der Waals surface area contributed by atoms with Crippen molar-refractivity contribution in [2.45, 2.75) is 52.7 Å². The zero-order valence-electron chi connectivity index (χ0n) is 22.2. The van der Waals surface area contributed by atoms with Gasteiger partial charge in [0.2, 0.25) is 11.8 Å². The van der Waals surface area contributed by atoms with Crippen LogP contribution in [0.25, 0.3) is 11.0 Å². The number of hydrogen-bond donors (Lipinski definition) is 1. The number of benzene rings is 3. The van der Waals surface area contributed by atoms with Crippen LogP contribution in [0, 0.1) is 12.7 Å². The topological polar surface area (TPSA) is 89.4 Å². The minimum Gasteiger partial charge on any atom is -0.494 e. The number of para-hydroxylation sites is 1. The van der Waals surface area contributed by atoms with E-state index in [0.717, 1.165) is 0 Å². The van der Waals surface area contributed by atoms with E-state index >= 15 is 0 Å². The van der Waals surface area contributed by atoms with E-state index in [4.69, 9.17) is 4.74 Å². The number of aryl methyl sites for hydroxylation is 1. The number of nitrogens with one attached hydrogen (secondary N) is 1. The maximum Gasteiger partial charge on any atom is 0.249 e. The number of ether oxygens (including phenoxy) is 1. The molecule has 0 saturated heterocycles. The second kappa shape index (κ2) is 11.0. The Morgan fingerprint density at radius 3 is 2.45 bits per heavy atom. The second-order valence-electron chi connectivity index (χ2n) is 10.1. The highest BCUT2D eigenvalue weighted by Gasteiger charge is 2.35. The van der Waals surface area contributed by atoms with Gasteiger partial charge in [0, 0.05) is 11.2 Å². The van der Waals surface area contributed by atoms with Gasteiger partial charge >= 0.3 is 0 Å². The number of aromatic nitrogens is 3. The molecule has 1 unspecified atom stereocenters. The Hall–Kier alpha value is -4.27. The number of hydrogen-bond acceptors (Lipinski definition) is 5. The second-order valence-corrected chi connectivity index (χ2v) is 10.1. The van der Waals surface area contributed by atoms with Crippen LogP contribution in [-0.2, 0) is 16.1 Å². The summed E-state index contributed by atoms with van der Waals surface area (Å²) >= 11 is 0. The molecule has 1 heterocycles. The van der Waals surface area contributed by atoms with Crippen molar-refractivity contribution in [1.29, 1.82) is 0 Å². The van der Waals surface area contributed by atoms with E-state index in [-0.39, 0.29) is 12.2 Å². The minimum absolute atomic E-state index is 0.202. The number of halogens is 1. The van der Waals surface area contributed by atoms with Gasteiger partial charge in [-0.25, -0.2) is 9.07 Å². The number of carbonyl (C=O) groups is 2. The van der Waals surface area contributed by atoms with Crippen LogP contribution in [0.1, 0.15) is 44.9 Å². The molecule has 8 nitrogen and oxygen atoms in total. The molecule has 0 saturated carbocycles. The molecule has 3 aromatic carbocycles. The lowest BCUT2D eigenvalue weighted by Crippen LogP contribution is -2.50. The van der Waals surface area contributed by atoms with Gasteiger partial charge in [0.25, 0.3) is 0 Å². The first-order valence-electron chi connectivity index (χ1n) is 12.5. The van der Waals surface area contributed by atoms with E-state index in [9.17, 15) is 14.0 Å². The normalized spacial score (nSPS) is 12.3. The Kier molecular flexibility index (Phi) is 7.75. The molecule has 4 aromatic rings. The van der Waals surface area contributed by atoms with Gasteiger partial charge in [0.15, 0.2) is 0 Å². The Morgan fingerprint density at radius 1 is 1.08 bits per heavy atom. The third-order valence-electron chi connectivity index (χ3n) is 5.92. The number of amides is 2. The molecule has 1 atom stereocenters. The lowest BCUT2D eigenvalue weighted by molar-refractivity contribution is -0.128. The Bertz CT molecular complexity index is 1440. The van der Waals surface area contributed by atoms with Crippen LogP contribution in [0.4, 0.5) is 10.1 Å². The van der Waals surface area contributed by atoms with Crippen molar-refractivity contribution in [2.75, 3.05) is 11.5 Å². The lowest BCUT2D eigenvalue weighted by Gasteiger charge is -2.34. The molecule has 0 bridgehead atoms. The maximum atomic E-state index is 14.8. The quantitative estimate of drug-likeness (QED) is 0.357. The van der Waals surface area contributed by atoms with Crippen LogP contribution in [-0.4, -0.2) is 39.0 Å². The van der Waals surface area contributed by atoms with E-state index in [2.05, 4.69) is 15.6 Å². The van der Waals surface area contributed by atoms with E-state index in [1.54, 1.807) is 49.4 Å². The van der Waals surface area contributed by atoms with Gasteiger partial charge in [0.1, 0.15) is 29.7 Å². The molecule has 9 heteroatoms. The summed E-state index contributed by atoms with van der Waals surface area (Å²) in [5.41, 5.74) is 1.98. The van der Waals surface area contributed by atoms with Crippen molar-refractivity contribution in [3.05, 3.63) is 83.7 Å². The molecule has 0 fully saturated rings. The van der Waals surface area contributed by atoms with Crippen LogP contribution < -0.4 is 15.0 Å². The van der Waals surface area contributed by atoms with Gasteiger partial charge in [-0.3, -0.25) is 14.5 Å². The summed E-state index contributed by atoms with van der Waals surface area (Å²) in [6.07, 6.45) is 0. The summed E-state index contributed by atoms with van der Waals surface area (Å²) in [4.78, 5) is 29.1. The number of fused-ring (bicyclic) bond motifs is 1. The van der Waals surface area contributed by atoms with Crippen molar-refractivity contribution in [1.82, 2.24) is 20.3 Å². The van der Waals surface area contributed by atoms with Crippen molar-refractivity contribution >= 4 is 28.5 Å². The van der Waals surface area contributed by atoms with Gasteiger partial charge in [-0.05, 0) is 82.1 Å². The summed E-state index contributed by atoms with van der Waals surface area (Å²) in [5.74, 6) is -0.695. The van der Waals surface area contributed by atoms with Crippen LogP contribution in [0.5, 0.6) is 5.75 Å². The van der Waals surface area contributed by atoms with E-state index in [1.165, 1.54) is 15.6 Å². The Balaban J connectivity index is 1.83. The highest BCUT2D eigenvalue weighted by atomic mass is 19.1. The fourth-order valence-electron chi connectivity index (χ4n) is 4.18. The standard InChI is InChI=1S/C29H32FN5O3/c1-6-38-22-15-12-20(13-16-22)27(28(37)31-29(3,4)5)35(21-14-11-19(2)23(30)17-21)26(36)18-34-25-10-8-7-9-24(25)32-33-34/h7-17,27H,6,18H2,1-5H3,(H,31,37). The summed E-state index contributed by atoms with van der Waals surface area (Å²) < 4.78 is 21.8. The van der Waals surface area contributed by atoms with Crippen LogP contribution >= 0.6 is 0 Å². The third kappa shape index (κ3) is 5.99. The molecule has 2 amide bonds. The average Bonchev–Trinajstić information content (AvgIpc) is 3.26. The first-order chi connectivity index (χ1) is 18.1. The Morgan fingerprint density at radius 2 is 1.79 bits per heavy atom. The summed E-state index contributed by atoms with van der Waals surface area (Å²) in [6, 6.07) is 17.7. The first-order valence-corrected chi connectivity index (χ1v) is 12.5. The molecule has 0 aliphatic carbocycles. The molecule has 0 spiro atoms. The number of anilines is 1. The number of rotatable bonds is 8. The number of nitrogens with zero attached hydrogens (tertiary/aromatic N) is 4. The highest BCUT2D eigenvalue weighted by molar-refractivity contribution is 6.01. The van der Waals surface area contributed by atoms with Crippen molar-refractivity contribution in [2.24, 2.45) is 0 Å².